The number of ether oxygens (including phenoxy) is 2. The smallest absolute Gasteiger partial charge is 0.257 e. The highest BCUT2D eigenvalue weighted by molar-refractivity contribution is 7.23. The molecule has 1 aliphatic rings. The van der Waals surface area contributed by atoms with E-state index in [4.69, 9.17) is 9.47 Å². The molecule has 4 aromatic rings. The van der Waals surface area contributed by atoms with Crippen molar-refractivity contribution in [3.63, 3.8) is 0 Å². The molecule has 1 amide bonds. The number of pyridine rings is 2. The second-order valence-corrected chi connectivity index (χ2v) is 8.96. The second-order valence-electron chi connectivity index (χ2n) is 7.96. The van der Waals surface area contributed by atoms with E-state index in [1.54, 1.807) is 31.6 Å². The Morgan fingerprint density at radius 1 is 1.14 bits per heavy atom. The molecule has 0 atom stereocenters. The van der Waals surface area contributed by atoms with Crippen molar-refractivity contribution in [3.05, 3.63) is 66.1 Å². The molecule has 0 saturated carbocycles. The molecule has 1 saturated heterocycles. The second kappa shape index (κ2) is 10.7. The van der Waals surface area contributed by atoms with E-state index in [1.165, 1.54) is 11.3 Å². The summed E-state index contributed by atoms with van der Waals surface area (Å²) in [5, 5.41) is 6.72. The van der Waals surface area contributed by atoms with Crippen LogP contribution in [-0.4, -0.2) is 60.8 Å². The van der Waals surface area contributed by atoms with E-state index in [0.29, 0.717) is 42.0 Å². The number of carbonyl (C=O) groups is 1. The molecule has 0 bridgehead atoms. The van der Waals surface area contributed by atoms with Gasteiger partial charge in [-0.05, 0) is 36.4 Å². The topological polar surface area (TPSA) is 102 Å². The lowest BCUT2D eigenvalue weighted by Gasteiger charge is -2.29. The lowest BCUT2D eigenvalue weighted by molar-refractivity contribution is 0.102. The number of hydrogen-bond acceptors (Lipinski definition) is 9. The minimum atomic E-state index is -0.244. The van der Waals surface area contributed by atoms with Crippen molar-refractivity contribution in [3.8, 4) is 5.75 Å². The maximum atomic E-state index is 13.0. The molecule has 35 heavy (non-hydrogen) atoms. The predicted octanol–water partition coefficient (Wildman–Crippen LogP) is 3.84. The van der Waals surface area contributed by atoms with Crippen LogP contribution in [0.1, 0.15) is 16.1 Å². The molecule has 0 unspecified atom stereocenters. The average molecular weight is 491 g/mol. The van der Waals surface area contributed by atoms with Crippen LogP contribution in [0.2, 0.25) is 0 Å². The number of amides is 1. The average Bonchev–Trinajstić information content (AvgIpc) is 3.33. The number of fused-ring (bicyclic) bond motifs is 1. The maximum Gasteiger partial charge on any atom is 0.257 e. The Bertz CT molecular complexity index is 1310. The van der Waals surface area contributed by atoms with Crippen molar-refractivity contribution < 1.29 is 14.3 Å². The van der Waals surface area contributed by atoms with E-state index in [-0.39, 0.29) is 5.91 Å². The molecule has 5 rings (SSSR count). The van der Waals surface area contributed by atoms with Gasteiger partial charge in [0.25, 0.3) is 5.91 Å². The van der Waals surface area contributed by atoms with Crippen molar-refractivity contribution in [2.24, 2.45) is 0 Å². The number of rotatable bonds is 8. The molecule has 2 N–H and O–H groups in total. The van der Waals surface area contributed by atoms with Gasteiger partial charge in [-0.25, -0.2) is 9.97 Å². The number of benzene rings is 1. The van der Waals surface area contributed by atoms with Gasteiger partial charge >= 0.3 is 0 Å². The van der Waals surface area contributed by atoms with Crippen LogP contribution in [0.3, 0.4) is 0 Å². The van der Waals surface area contributed by atoms with E-state index in [9.17, 15) is 4.79 Å². The van der Waals surface area contributed by atoms with Crippen LogP contribution in [-0.2, 0) is 11.2 Å². The van der Waals surface area contributed by atoms with Gasteiger partial charge in [-0.3, -0.25) is 15.1 Å². The molecule has 9 nitrogen and oxygen atoms in total. The quantitative estimate of drug-likeness (QED) is 0.384. The number of aromatic nitrogens is 3. The lowest BCUT2D eigenvalue weighted by atomic mass is 10.2. The Morgan fingerprint density at radius 3 is 2.83 bits per heavy atom. The zero-order valence-electron chi connectivity index (χ0n) is 19.4. The normalized spacial score (nSPS) is 13.6. The Balaban J connectivity index is 1.30. The highest BCUT2D eigenvalue weighted by Crippen LogP contribution is 2.39. The summed E-state index contributed by atoms with van der Waals surface area (Å²) in [7, 11) is 1.63. The Labute approximate surface area is 207 Å². The number of nitrogens with one attached hydrogen (secondary N) is 2. The molecule has 1 fully saturated rings. The van der Waals surface area contributed by atoms with Gasteiger partial charge in [0.15, 0.2) is 5.13 Å². The summed E-state index contributed by atoms with van der Waals surface area (Å²) in [5.41, 5.74) is 3.31. The summed E-state index contributed by atoms with van der Waals surface area (Å²) >= 11 is 1.44. The minimum absolute atomic E-state index is 0.244. The van der Waals surface area contributed by atoms with E-state index in [0.717, 1.165) is 41.1 Å². The minimum Gasteiger partial charge on any atom is -0.494 e. The van der Waals surface area contributed by atoms with Crippen molar-refractivity contribution >= 4 is 44.1 Å². The Morgan fingerprint density at radius 2 is 2.03 bits per heavy atom. The van der Waals surface area contributed by atoms with Crippen LogP contribution in [0.15, 0.2) is 54.9 Å². The lowest BCUT2D eigenvalue weighted by Crippen LogP contribution is -2.36. The first-order chi connectivity index (χ1) is 17.2. The first kappa shape index (κ1) is 23.0. The zero-order valence-corrected chi connectivity index (χ0v) is 20.2. The van der Waals surface area contributed by atoms with E-state index in [1.807, 2.05) is 30.3 Å². The molecule has 10 heteroatoms. The number of thiazole rings is 1. The van der Waals surface area contributed by atoms with Crippen LogP contribution >= 0.6 is 11.3 Å². The maximum absolute atomic E-state index is 13.0. The fourth-order valence-corrected chi connectivity index (χ4v) is 4.96. The Hall–Kier alpha value is -3.76. The van der Waals surface area contributed by atoms with Crippen LogP contribution < -0.4 is 20.3 Å². The largest absolute Gasteiger partial charge is 0.494 e. The molecule has 0 spiro atoms. The van der Waals surface area contributed by atoms with Gasteiger partial charge in [-0.2, -0.15) is 0 Å². The van der Waals surface area contributed by atoms with Gasteiger partial charge in [0, 0.05) is 49.7 Å². The molecule has 3 aromatic heterocycles. The van der Waals surface area contributed by atoms with E-state index < -0.39 is 0 Å². The first-order valence-corrected chi connectivity index (χ1v) is 12.2. The summed E-state index contributed by atoms with van der Waals surface area (Å²) in [6, 6.07) is 13.2. The number of methoxy groups -OCH3 is 1. The third-order valence-electron chi connectivity index (χ3n) is 5.71. The molecule has 0 aliphatic carbocycles. The van der Waals surface area contributed by atoms with Gasteiger partial charge in [-0.15, -0.1) is 0 Å². The molecular weight excluding hydrogens is 464 g/mol. The molecule has 1 aliphatic heterocycles. The monoisotopic (exact) mass is 490 g/mol. The molecule has 4 heterocycles. The van der Waals surface area contributed by atoms with E-state index >= 15 is 0 Å². The van der Waals surface area contributed by atoms with Crippen LogP contribution in [0.5, 0.6) is 5.75 Å². The van der Waals surface area contributed by atoms with Crippen LogP contribution in [0.25, 0.3) is 10.2 Å². The summed E-state index contributed by atoms with van der Waals surface area (Å²) in [5.74, 6) is 1.07. The van der Waals surface area contributed by atoms with Crippen molar-refractivity contribution in [1.82, 2.24) is 15.0 Å². The van der Waals surface area contributed by atoms with Gasteiger partial charge in [0.05, 0.1) is 30.7 Å². The number of carbonyl (C=O) groups excluding carboxylic acids is 1. The Kier molecular flexibility index (Phi) is 7.01. The molecule has 1 aromatic carbocycles. The summed E-state index contributed by atoms with van der Waals surface area (Å²) < 4.78 is 12.0. The number of nitrogens with zero attached hydrogens (tertiary/aromatic N) is 4. The van der Waals surface area contributed by atoms with Gasteiger partial charge in [0.2, 0.25) is 0 Å². The fraction of sp³-hybridized carbons (Fsp3) is 0.280. The highest BCUT2D eigenvalue weighted by Gasteiger charge is 2.20. The summed E-state index contributed by atoms with van der Waals surface area (Å²) in [6.07, 6.45) is 4.16. The van der Waals surface area contributed by atoms with Gasteiger partial charge in [-0.1, -0.05) is 17.4 Å². The first-order valence-electron chi connectivity index (χ1n) is 11.4. The predicted molar refractivity (Wildman–Crippen MR) is 138 cm³/mol. The van der Waals surface area contributed by atoms with Crippen molar-refractivity contribution in [1.29, 1.82) is 0 Å². The van der Waals surface area contributed by atoms with Crippen molar-refractivity contribution in [2.45, 2.75) is 6.42 Å². The summed E-state index contributed by atoms with van der Waals surface area (Å²) in [6.45, 7) is 3.67. The highest BCUT2D eigenvalue weighted by atomic mass is 32.1. The van der Waals surface area contributed by atoms with Crippen LogP contribution in [0.4, 0.5) is 16.6 Å². The number of morpholine rings is 1. The summed E-state index contributed by atoms with van der Waals surface area (Å²) in [4.78, 5) is 28.6. The van der Waals surface area contributed by atoms with Crippen LogP contribution in [0, 0.1) is 0 Å². The standard InChI is InChI=1S/C25H26N6O3S/c1-33-20-6-5-19(31-12-14-34-15-13-31)23-22(20)29-25(35-23)30-24(32)17-7-10-27-21(16-17)28-11-8-18-4-2-3-9-26-18/h2-7,9-10,16H,8,11-15H2,1H3,(H,27,28)(H,29,30,32). The molecule has 0 radical (unpaired) electrons. The molecular formula is C25H26N6O3S. The van der Waals surface area contributed by atoms with Gasteiger partial charge in [0.1, 0.15) is 17.1 Å². The third-order valence-corrected chi connectivity index (χ3v) is 6.71. The van der Waals surface area contributed by atoms with E-state index in [2.05, 4.69) is 30.5 Å². The zero-order chi connectivity index (χ0) is 24.0. The molecule has 180 valence electrons. The SMILES string of the molecule is COc1ccc(N2CCOCC2)c2sc(NC(=O)c3ccnc(NCCc4ccccn4)c3)nc12. The fourth-order valence-electron chi connectivity index (χ4n) is 3.94. The number of anilines is 3. The number of hydrogen-bond donors (Lipinski definition) is 2. The van der Waals surface area contributed by atoms with Gasteiger partial charge < -0.3 is 19.7 Å². The van der Waals surface area contributed by atoms with Crippen molar-refractivity contribution in [2.75, 3.05) is 55.5 Å². The third kappa shape index (κ3) is 5.33.